The van der Waals surface area contributed by atoms with E-state index >= 15 is 0 Å². The van der Waals surface area contributed by atoms with Crippen LogP contribution in [0.25, 0.3) is 10.9 Å². The molecule has 0 aliphatic carbocycles. The van der Waals surface area contributed by atoms with E-state index in [0.29, 0.717) is 20.9 Å². The van der Waals surface area contributed by atoms with Crippen molar-refractivity contribution in [2.24, 2.45) is 5.41 Å². The quantitative estimate of drug-likeness (QED) is 0.497. The number of fused-ring (bicyclic) bond motifs is 1. The summed E-state index contributed by atoms with van der Waals surface area (Å²) in [5.41, 5.74) is -1.08. The van der Waals surface area contributed by atoms with Crippen molar-refractivity contribution in [3.05, 3.63) is 46.2 Å². The van der Waals surface area contributed by atoms with E-state index in [1.165, 1.54) is 36.5 Å². The van der Waals surface area contributed by atoms with Crippen molar-refractivity contribution in [3.8, 4) is 0 Å². The van der Waals surface area contributed by atoms with Gasteiger partial charge in [0.2, 0.25) is 0 Å². The van der Waals surface area contributed by atoms with E-state index in [0.717, 1.165) is 51.4 Å². The van der Waals surface area contributed by atoms with Crippen molar-refractivity contribution in [3.63, 3.8) is 0 Å². The van der Waals surface area contributed by atoms with Gasteiger partial charge in [-0.1, -0.05) is 23.4 Å². The van der Waals surface area contributed by atoms with Gasteiger partial charge in [0.25, 0.3) is 5.56 Å². The maximum Gasteiger partial charge on any atom is 0.262 e. The number of benzene rings is 1. The van der Waals surface area contributed by atoms with Crippen LogP contribution in [0.2, 0.25) is 5.02 Å². The third-order valence-electron chi connectivity index (χ3n) is 6.60. The Kier molecular flexibility index (Phi) is 6.29. The Morgan fingerprint density at radius 2 is 1.97 bits per heavy atom. The third kappa shape index (κ3) is 4.78. The van der Waals surface area contributed by atoms with Crippen LogP contribution >= 0.6 is 23.4 Å². The fraction of sp³-hybridized carbons (Fsp3) is 0.500. The Morgan fingerprint density at radius 3 is 2.62 bits per heavy atom. The van der Waals surface area contributed by atoms with Gasteiger partial charge in [-0.3, -0.25) is 9.36 Å². The van der Waals surface area contributed by atoms with Crippen LogP contribution in [0.5, 0.6) is 0 Å². The predicted molar refractivity (Wildman–Crippen MR) is 132 cm³/mol. The highest BCUT2D eigenvalue weighted by Gasteiger charge is 2.38. The molecule has 180 valence electrons. The lowest BCUT2D eigenvalue weighted by Crippen LogP contribution is -2.40. The zero-order valence-electron chi connectivity index (χ0n) is 19.3. The topological polar surface area (TPSA) is 73.1 Å². The van der Waals surface area contributed by atoms with Crippen molar-refractivity contribution in [1.82, 2.24) is 19.5 Å². The number of nitrogens with zero attached hydrogens (tertiary/aromatic N) is 5. The molecular formula is C24H27ClFN5O2S. The Hall–Kier alpha value is -2.23. The highest BCUT2D eigenvalue weighted by Crippen LogP contribution is 2.40. The molecule has 5 rings (SSSR count). The maximum absolute atomic E-state index is 14.1. The zero-order valence-corrected chi connectivity index (χ0v) is 20.8. The number of piperidine rings is 1. The molecule has 2 saturated heterocycles. The fourth-order valence-corrected chi connectivity index (χ4v) is 5.79. The van der Waals surface area contributed by atoms with Gasteiger partial charge in [-0.05, 0) is 50.7 Å². The lowest BCUT2D eigenvalue weighted by atomic mass is 9.78. The van der Waals surface area contributed by atoms with Gasteiger partial charge in [-0.2, -0.15) is 0 Å². The minimum Gasteiger partial charge on any atom is -0.381 e. The van der Waals surface area contributed by atoms with E-state index in [1.54, 1.807) is 18.5 Å². The van der Waals surface area contributed by atoms with Crippen LogP contribution in [0.4, 0.5) is 10.2 Å². The summed E-state index contributed by atoms with van der Waals surface area (Å²) < 4.78 is 21.0. The molecule has 0 N–H and O–H groups in total. The normalized spacial score (nSPS) is 18.2. The van der Waals surface area contributed by atoms with Crippen LogP contribution in [0, 0.1) is 5.41 Å². The van der Waals surface area contributed by atoms with Crippen molar-refractivity contribution in [2.45, 2.75) is 55.2 Å². The number of rotatable bonds is 5. The first-order valence-electron chi connectivity index (χ1n) is 11.4. The molecule has 2 fully saturated rings. The minimum absolute atomic E-state index is 0.0972. The van der Waals surface area contributed by atoms with Gasteiger partial charge in [0, 0.05) is 24.6 Å². The lowest BCUT2D eigenvalue weighted by molar-refractivity contribution is 0.133. The molecule has 1 spiro atoms. The first-order chi connectivity index (χ1) is 16.2. The van der Waals surface area contributed by atoms with E-state index in [2.05, 4.69) is 19.9 Å². The molecule has 1 aromatic carbocycles. The van der Waals surface area contributed by atoms with Crippen LogP contribution in [-0.2, 0) is 11.3 Å². The van der Waals surface area contributed by atoms with Crippen LogP contribution in [0.15, 0.2) is 45.6 Å². The molecular weight excluding hydrogens is 477 g/mol. The summed E-state index contributed by atoms with van der Waals surface area (Å²) in [6, 6.07) is 3.56. The third-order valence-corrected chi connectivity index (χ3v) is 8.09. The lowest BCUT2D eigenvalue weighted by Gasteiger charge is -2.38. The summed E-state index contributed by atoms with van der Waals surface area (Å²) in [6.45, 7) is 6.41. The number of hydrogen-bond donors (Lipinski definition) is 0. The summed E-state index contributed by atoms with van der Waals surface area (Å²) in [7, 11) is 0. The molecule has 0 radical (unpaired) electrons. The van der Waals surface area contributed by atoms with Crippen molar-refractivity contribution < 1.29 is 9.13 Å². The van der Waals surface area contributed by atoms with Gasteiger partial charge in [0.05, 0.1) is 47.8 Å². The molecule has 10 heteroatoms. The highest BCUT2D eigenvalue weighted by molar-refractivity contribution is 7.99. The van der Waals surface area contributed by atoms with E-state index in [1.807, 2.05) is 6.07 Å². The average molecular weight is 504 g/mol. The van der Waals surface area contributed by atoms with E-state index in [9.17, 15) is 9.18 Å². The Morgan fingerprint density at radius 1 is 1.18 bits per heavy atom. The Balaban J connectivity index is 1.33. The highest BCUT2D eigenvalue weighted by atomic mass is 35.5. The maximum atomic E-state index is 14.1. The monoisotopic (exact) mass is 503 g/mol. The summed E-state index contributed by atoms with van der Waals surface area (Å²) in [5.74, 6) is 0.864. The molecule has 0 atom stereocenters. The van der Waals surface area contributed by atoms with Crippen LogP contribution in [0.3, 0.4) is 0 Å². The second-order valence-electron chi connectivity index (χ2n) is 9.77. The number of ether oxygens (including phenoxy) is 1. The number of anilines is 1. The number of aromatic nitrogens is 4. The van der Waals surface area contributed by atoms with Gasteiger partial charge < -0.3 is 9.64 Å². The van der Waals surface area contributed by atoms with Crippen LogP contribution in [-0.4, -0.2) is 51.5 Å². The van der Waals surface area contributed by atoms with Crippen molar-refractivity contribution >= 4 is 40.1 Å². The summed E-state index contributed by atoms with van der Waals surface area (Å²) in [5, 5.41) is 1.25. The van der Waals surface area contributed by atoms with Crippen LogP contribution in [0.1, 0.15) is 33.1 Å². The average Bonchev–Trinajstić information content (AvgIpc) is 3.25. The molecule has 4 heterocycles. The first kappa shape index (κ1) is 23.5. The molecule has 0 bridgehead atoms. The molecule has 0 saturated carbocycles. The van der Waals surface area contributed by atoms with E-state index in [4.69, 9.17) is 16.3 Å². The standard InChI is InChI=1S/C24H27ClFN5O2S/c1-23(2,26)13-31-15-29-16-3-4-17(21(25)20(16)22(31)32)34-19-12-27-18(11-28-19)30-8-5-24(6-9-30)7-10-33-14-24/h3-4,11-12,15H,5-10,13-14H2,1-2H3. The summed E-state index contributed by atoms with van der Waals surface area (Å²) in [4.78, 5) is 29.4. The molecule has 0 unspecified atom stereocenters. The molecule has 2 aliphatic heterocycles. The first-order valence-corrected chi connectivity index (χ1v) is 12.6. The molecule has 7 nitrogen and oxygen atoms in total. The number of hydrogen-bond acceptors (Lipinski definition) is 7. The SMILES string of the molecule is CC(C)(F)Cn1cnc2ccc(Sc3cnc(N4CCC5(CCOC5)CC4)cn3)c(Cl)c2c1=O. The predicted octanol–water partition coefficient (Wildman–Crippen LogP) is 4.75. The number of alkyl halides is 1. The second-order valence-corrected chi connectivity index (χ2v) is 11.2. The molecule has 2 aromatic heterocycles. The van der Waals surface area contributed by atoms with Gasteiger partial charge in [-0.25, -0.2) is 19.3 Å². The second kappa shape index (κ2) is 9.09. The summed E-state index contributed by atoms with van der Waals surface area (Å²) in [6.07, 6.45) is 8.27. The van der Waals surface area contributed by atoms with Crippen molar-refractivity contribution in [1.29, 1.82) is 0 Å². The summed E-state index contributed by atoms with van der Waals surface area (Å²) >= 11 is 7.95. The smallest absolute Gasteiger partial charge is 0.262 e. The van der Waals surface area contributed by atoms with Crippen molar-refractivity contribution in [2.75, 3.05) is 31.2 Å². The molecule has 2 aliphatic rings. The van der Waals surface area contributed by atoms with Crippen LogP contribution < -0.4 is 10.5 Å². The Labute approximate surface area is 206 Å². The van der Waals surface area contributed by atoms with Gasteiger partial charge in [0.1, 0.15) is 16.5 Å². The zero-order chi connectivity index (χ0) is 23.9. The number of halogens is 2. The fourth-order valence-electron chi connectivity index (χ4n) is 4.67. The van der Waals surface area contributed by atoms with Gasteiger partial charge >= 0.3 is 0 Å². The minimum atomic E-state index is -1.55. The van der Waals surface area contributed by atoms with E-state index in [-0.39, 0.29) is 22.5 Å². The molecule has 34 heavy (non-hydrogen) atoms. The van der Waals surface area contributed by atoms with E-state index < -0.39 is 5.67 Å². The molecule has 0 amide bonds. The molecule has 3 aromatic rings. The van der Waals surface area contributed by atoms with Gasteiger partial charge in [0.15, 0.2) is 0 Å². The largest absolute Gasteiger partial charge is 0.381 e. The van der Waals surface area contributed by atoms with Gasteiger partial charge in [-0.15, -0.1) is 0 Å². The Bertz CT molecular complexity index is 1250.